The molecular formula is C25H24N4O5S. The summed E-state index contributed by atoms with van der Waals surface area (Å²) in [7, 11) is -3.82. The molecule has 0 atom stereocenters. The zero-order valence-electron chi connectivity index (χ0n) is 19.6. The van der Waals surface area contributed by atoms with Gasteiger partial charge in [-0.15, -0.1) is 0 Å². The van der Waals surface area contributed by atoms with E-state index < -0.39 is 27.9 Å². The van der Waals surface area contributed by atoms with E-state index in [0.29, 0.717) is 22.6 Å². The van der Waals surface area contributed by atoms with Gasteiger partial charge in [-0.3, -0.25) is 14.9 Å². The van der Waals surface area contributed by atoms with Crippen molar-refractivity contribution in [1.82, 2.24) is 9.88 Å². The molecule has 2 heterocycles. The molecule has 1 aliphatic rings. The van der Waals surface area contributed by atoms with Crippen LogP contribution in [-0.2, 0) is 19.6 Å². The van der Waals surface area contributed by atoms with Crippen LogP contribution in [0, 0.1) is 27.7 Å². The molecule has 1 aliphatic heterocycles. The van der Waals surface area contributed by atoms with Crippen molar-refractivity contribution in [2.24, 2.45) is 5.14 Å². The van der Waals surface area contributed by atoms with Gasteiger partial charge in [0, 0.05) is 17.1 Å². The van der Waals surface area contributed by atoms with Gasteiger partial charge in [0.05, 0.1) is 10.6 Å². The van der Waals surface area contributed by atoms with E-state index in [-0.39, 0.29) is 10.5 Å². The molecule has 0 saturated carbocycles. The highest BCUT2D eigenvalue weighted by Crippen LogP contribution is 2.29. The van der Waals surface area contributed by atoms with Crippen LogP contribution < -0.4 is 15.4 Å². The lowest BCUT2D eigenvalue weighted by Crippen LogP contribution is -2.54. The van der Waals surface area contributed by atoms with E-state index in [1.807, 2.05) is 31.4 Å². The minimum absolute atomic E-state index is 0.00766. The smallest absolute Gasteiger partial charge is 0.318 e. The third-order valence-electron chi connectivity index (χ3n) is 6.11. The zero-order chi connectivity index (χ0) is 25.7. The number of sulfonamides is 1. The van der Waals surface area contributed by atoms with Crippen LogP contribution in [-0.4, -0.2) is 30.8 Å². The van der Waals surface area contributed by atoms with Gasteiger partial charge in [-0.2, -0.15) is 0 Å². The van der Waals surface area contributed by atoms with Gasteiger partial charge in [0.1, 0.15) is 5.57 Å². The van der Waals surface area contributed by atoms with E-state index >= 15 is 0 Å². The first-order chi connectivity index (χ1) is 16.4. The fraction of sp³-hybridized carbons (Fsp3) is 0.160. The van der Waals surface area contributed by atoms with Gasteiger partial charge in [-0.05, 0) is 86.9 Å². The molecule has 180 valence electrons. The van der Waals surface area contributed by atoms with Crippen molar-refractivity contribution in [1.29, 1.82) is 0 Å². The second-order valence-electron chi connectivity index (χ2n) is 8.38. The summed E-state index contributed by atoms with van der Waals surface area (Å²) in [6.45, 7) is 7.33. The number of carbonyl (C=O) groups is 3. The van der Waals surface area contributed by atoms with Crippen LogP contribution in [0.5, 0.6) is 0 Å². The van der Waals surface area contributed by atoms with Gasteiger partial charge < -0.3 is 4.57 Å². The highest BCUT2D eigenvalue weighted by molar-refractivity contribution is 7.89. The Morgan fingerprint density at radius 3 is 2.23 bits per heavy atom. The van der Waals surface area contributed by atoms with Crippen LogP contribution in [0.15, 0.2) is 59.0 Å². The van der Waals surface area contributed by atoms with Crippen molar-refractivity contribution in [2.75, 3.05) is 4.90 Å². The fourth-order valence-corrected chi connectivity index (χ4v) is 4.64. The summed E-state index contributed by atoms with van der Waals surface area (Å²) in [6.07, 6.45) is 1.46. The van der Waals surface area contributed by atoms with Gasteiger partial charge in [0.2, 0.25) is 10.0 Å². The molecular weight excluding hydrogens is 468 g/mol. The lowest BCUT2D eigenvalue weighted by Gasteiger charge is -2.28. The van der Waals surface area contributed by atoms with Gasteiger partial charge in [0.15, 0.2) is 0 Å². The summed E-state index contributed by atoms with van der Waals surface area (Å²) < 4.78 is 25.0. The monoisotopic (exact) mass is 492 g/mol. The van der Waals surface area contributed by atoms with Gasteiger partial charge in [0.25, 0.3) is 11.8 Å². The van der Waals surface area contributed by atoms with Crippen LogP contribution in [0.3, 0.4) is 0 Å². The first-order valence-electron chi connectivity index (χ1n) is 10.7. The van der Waals surface area contributed by atoms with Gasteiger partial charge >= 0.3 is 6.03 Å². The largest absolute Gasteiger partial charge is 0.335 e. The quantitative estimate of drug-likeness (QED) is 0.427. The molecule has 0 aliphatic carbocycles. The van der Waals surface area contributed by atoms with E-state index in [2.05, 4.69) is 5.32 Å². The Labute approximate surface area is 202 Å². The molecule has 1 fully saturated rings. The van der Waals surface area contributed by atoms with Crippen molar-refractivity contribution < 1.29 is 22.8 Å². The highest BCUT2D eigenvalue weighted by atomic mass is 32.2. The first-order valence-corrected chi connectivity index (χ1v) is 12.2. The SMILES string of the molecule is Cc1cccc(N2C(=O)NC(=O)/C(=C\c3cc(C)n(-c4ccc(S(N)(=O)=O)cc4)c3C)C2=O)c1C. The molecule has 3 N–H and O–H groups in total. The number of carbonyl (C=O) groups excluding carboxylic acids is 3. The number of barbiturate groups is 1. The summed E-state index contributed by atoms with van der Waals surface area (Å²) in [5.74, 6) is -1.49. The third kappa shape index (κ3) is 4.29. The molecule has 4 rings (SSSR count). The number of primary sulfonamides is 1. The number of imide groups is 2. The molecule has 0 unspecified atom stereocenters. The van der Waals surface area contributed by atoms with Crippen molar-refractivity contribution in [3.63, 3.8) is 0 Å². The molecule has 1 aromatic heterocycles. The Morgan fingerprint density at radius 1 is 0.943 bits per heavy atom. The van der Waals surface area contributed by atoms with Crippen molar-refractivity contribution in [3.8, 4) is 5.69 Å². The first kappa shape index (κ1) is 24.1. The number of urea groups is 1. The molecule has 1 saturated heterocycles. The topological polar surface area (TPSA) is 132 Å². The van der Waals surface area contributed by atoms with Crippen LogP contribution >= 0.6 is 0 Å². The predicted molar refractivity (Wildman–Crippen MR) is 132 cm³/mol. The highest BCUT2D eigenvalue weighted by Gasteiger charge is 2.37. The molecule has 0 radical (unpaired) electrons. The molecule has 4 amide bonds. The summed E-state index contributed by atoms with van der Waals surface area (Å²) >= 11 is 0. The molecule has 2 aromatic carbocycles. The number of nitrogens with zero attached hydrogens (tertiary/aromatic N) is 2. The van der Waals surface area contributed by atoms with Gasteiger partial charge in [-0.1, -0.05) is 12.1 Å². The number of hydrogen-bond donors (Lipinski definition) is 2. The molecule has 3 aromatic rings. The average Bonchev–Trinajstić information content (AvgIpc) is 3.06. The number of anilines is 1. The Bertz CT molecular complexity index is 1530. The normalized spacial score (nSPS) is 15.6. The maximum atomic E-state index is 13.3. The number of nitrogens with two attached hydrogens (primary N) is 1. The number of hydrogen-bond acceptors (Lipinski definition) is 5. The average molecular weight is 493 g/mol. The fourth-order valence-electron chi connectivity index (χ4n) is 4.13. The van der Waals surface area contributed by atoms with Gasteiger partial charge in [-0.25, -0.2) is 23.3 Å². The molecule has 0 spiro atoms. The Balaban J connectivity index is 1.76. The van der Waals surface area contributed by atoms with E-state index in [1.54, 1.807) is 37.3 Å². The zero-order valence-corrected chi connectivity index (χ0v) is 20.4. The number of rotatable bonds is 4. The third-order valence-corrected chi connectivity index (χ3v) is 7.04. The molecule has 9 nitrogen and oxygen atoms in total. The minimum Gasteiger partial charge on any atom is -0.318 e. The maximum absolute atomic E-state index is 13.3. The molecule has 10 heteroatoms. The number of aromatic nitrogens is 1. The van der Waals surface area contributed by atoms with Crippen LogP contribution in [0.4, 0.5) is 10.5 Å². The van der Waals surface area contributed by atoms with Crippen LogP contribution in [0.2, 0.25) is 0 Å². The summed E-state index contributed by atoms with van der Waals surface area (Å²) in [5, 5.41) is 7.43. The second-order valence-corrected chi connectivity index (χ2v) is 9.94. The standard InChI is InChI=1S/C25H24N4O5S/c1-14-6-5-7-22(16(14)3)29-24(31)21(23(30)27-25(29)32)13-18-12-15(2)28(17(18)4)19-8-10-20(11-9-19)35(26,33)34/h5-13H,1-4H3,(H2,26,33,34)(H,27,30,32)/b21-13+. The number of nitrogens with one attached hydrogen (secondary N) is 1. The van der Waals surface area contributed by atoms with E-state index in [9.17, 15) is 22.8 Å². The second kappa shape index (κ2) is 8.64. The summed E-state index contributed by atoms with van der Waals surface area (Å²) in [4.78, 5) is 39.5. The maximum Gasteiger partial charge on any atom is 0.335 e. The Kier molecular flexibility index (Phi) is 5.95. The van der Waals surface area contributed by atoms with E-state index in [0.717, 1.165) is 21.7 Å². The Morgan fingerprint density at radius 2 is 1.60 bits per heavy atom. The minimum atomic E-state index is -3.82. The predicted octanol–water partition coefficient (Wildman–Crippen LogP) is 3.02. The Hall–Kier alpha value is -4.02. The number of benzene rings is 2. The van der Waals surface area contributed by atoms with E-state index in [1.165, 1.54) is 18.2 Å². The lowest BCUT2D eigenvalue weighted by molar-refractivity contribution is -0.122. The van der Waals surface area contributed by atoms with Crippen LogP contribution in [0.1, 0.15) is 28.1 Å². The van der Waals surface area contributed by atoms with E-state index in [4.69, 9.17) is 5.14 Å². The van der Waals surface area contributed by atoms with Crippen molar-refractivity contribution in [3.05, 3.63) is 82.2 Å². The van der Waals surface area contributed by atoms with Crippen LogP contribution in [0.25, 0.3) is 11.8 Å². The lowest BCUT2D eigenvalue weighted by atomic mass is 10.0. The summed E-state index contributed by atoms with van der Waals surface area (Å²) in [6, 6.07) is 12.3. The number of aryl methyl sites for hydroxylation is 2. The number of amides is 4. The summed E-state index contributed by atoms with van der Waals surface area (Å²) in [5.41, 5.74) is 4.70. The van der Waals surface area contributed by atoms with Crippen molar-refractivity contribution >= 4 is 39.6 Å². The molecule has 35 heavy (non-hydrogen) atoms. The molecule has 0 bridgehead atoms. The van der Waals surface area contributed by atoms with Crippen molar-refractivity contribution in [2.45, 2.75) is 32.6 Å².